The number of aromatic nitrogens is 1. The van der Waals surface area contributed by atoms with Crippen LogP contribution in [0.3, 0.4) is 0 Å². The van der Waals surface area contributed by atoms with Crippen LogP contribution in [0.2, 0.25) is 0 Å². The van der Waals surface area contributed by atoms with Crippen LogP contribution in [0.5, 0.6) is 0 Å². The van der Waals surface area contributed by atoms with Gasteiger partial charge < -0.3 is 10.2 Å². The summed E-state index contributed by atoms with van der Waals surface area (Å²) in [4.78, 5) is 32.7. The summed E-state index contributed by atoms with van der Waals surface area (Å²) >= 11 is 0. The quantitative estimate of drug-likeness (QED) is 0.370. The van der Waals surface area contributed by atoms with Crippen molar-refractivity contribution in [3.63, 3.8) is 0 Å². The third kappa shape index (κ3) is 7.29. The maximum atomic E-state index is 15.1. The second-order valence-electron chi connectivity index (χ2n) is 9.91. The molecule has 1 N–H and O–H groups in total. The van der Waals surface area contributed by atoms with Crippen molar-refractivity contribution in [2.45, 2.75) is 20.3 Å². The number of carbonyl (C=O) groups excluding carboxylic acids is 1. The number of rotatable bonds is 9. The van der Waals surface area contributed by atoms with Crippen LogP contribution in [0.25, 0.3) is 11.3 Å². The van der Waals surface area contributed by atoms with Gasteiger partial charge in [0.15, 0.2) is 0 Å². The number of nitrogens with zero attached hydrogens (tertiary/aromatic N) is 4. The zero-order valence-electron chi connectivity index (χ0n) is 23.7. The number of hydrogen-bond acceptors (Lipinski definition) is 5. The van der Waals surface area contributed by atoms with E-state index in [9.17, 15) is 9.59 Å². The lowest BCUT2D eigenvalue weighted by Gasteiger charge is -2.27. The SMILES string of the molecule is C=C(/C=C(\C)CN1CC=C(c2c(C)cc(C(=O)N(C)C)cc2F)CC1)/C(=C\C=NC)n1ccc(NC)cc1=O. The topological polar surface area (TPSA) is 69.9 Å². The maximum Gasteiger partial charge on any atom is 0.257 e. The Hall–Kier alpha value is -4.04. The highest BCUT2D eigenvalue weighted by Crippen LogP contribution is 2.29. The lowest BCUT2D eigenvalue weighted by Crippen LogP contribution is -2.30. The second kappa shape index (κ2) is 13.2. The summed E-state index contributed by atoms with van der Waals surface area (Å²) in [5, 5.41) is 2.97. The summed E-state index contributed by atoms with van der Waals surface area (Å²) in [6.07, 6.45) is 9.89. The number of amides is 1. The van der Waals surface area contributed by atoms with Crippen molar-refractivity contribution >= 4 is 29.1 Å². The Bertz CT molecular complexity index is 1410. The fourth-order valence-corrected chi connectivity index (χ4v) is 4.70. The summed E-state index contributed by atoms with van der Waals surface area (Å²) in [7, 11) is 6.76. The Balaban J connectivity index is 1.74. The molecule has 1 aromatic heterocycles. The normalized spacial score (nSPS) is 14.9. The van der Waals surface area contributed by atoms with Crippen LogP contribution >= 0.6 is 0 Å². The minimum atomic E-state index is -0.361. The molecule has 0 spiro atoms. The van der Waals surface area contributed by atoms with Gasteiger partial charge in [0.05, 0.1) is 5.70 Å². The van der Waals surface area contributed by atoms with Crippen LogP contribution in [0, 0.1) is 12.7 Å². The fourth-order valence-electron chi connectivity index (χ4n) is 4.70. The van der Waals surface area contributed by atoms with Gasteiger partial charge >= 0.3 is 0 Å². The number of aliphatic imine (C=N–C) groups is 1. The Kier molecular flexibility index (Phi) is 9.95. The molecule has 0 bridgehead atoms. The summed E-state index contributed by atoms with van der Waals surface area (Å²) in [5.74, 6) is -0.573. The first-order valence-corrected chi connectivity index (χ1v) is 12.9. The van der Waals surface area contributed by atoms with E-state index in [1.165, 1.54) is 17.0 Å². The van der Waals surface area contributed by atoms with Gasteiger partial charge in [-0.15, -0.1) is 0 Å². The largest absolute Gasteiger partial charge is 0.388 e. The number of benzene rings is 1. The van der Waals surface area contributed by atoms with Crippen LogP contribution in [0.15, 0.2) is 76.2 Å². The van der Waals surface area contributed by atoms with E-state index < -0.39 is 0 Å². The fraction of sp³-hybridized carbons (Fsp3) is 0.323. The Labute approximate surface area is 230 Å². The van der Waals surface area contributed by atoms with Crippen LogP contribution in [0.1, 0.15) is 34.8 Å². The minimum absolute atomic E-state index is 0.167. The van der Waals surface area contributed by atoms with Gasteiger partial charge in [-0.1, -0.05) is 24.3 Å². The lowest BCUT2D eigenvalue weighted by atomic mass is 9.93. The van der Waals surface area contributed by atoms with Crippen molar-refractivity contribution < 1.29 is 9.18 Å². The zero-order chi connectivity index (χ0) is 28.7. The van der Waals surface area contributed by atoms with Crippen molar-refractivity contribution in [3.05, 3.63) is 99.3 Å². The molecule has 2 aromatic rings. The molecule has 0 saturated heterocycles. The molecule has 0 fully saturated rings. The van der Waals surface area contributed by atoms with E-state index in [0.29, 0.717) is 41.9 Å². The number of anilines is 1. The van der Waals surface area contributed by atoms with Crippen molar-refractivity contribution in [3.8, 4) is 0 Å². The van der Waals surface area contributed by atoms with Gasteiger partial charge in [-0.3, -0.25) is 24.0 Å². The number of aryl methyl sites for hydroxylation is 1. The van der Waals surface area contributed by atoms with Crippen LogP contribution < -0.4 is 10.9 Å². The number of halogens is 1. The minimum Gasteiger partial charge on any atom is -0.388 e. The molecule has 0 atom stereocenters. The van der Waals surface area contributed by atoms with E-state index in [-0.39, 0.29) is 17.3 Å². The smallest absolute Gasteiger partial charge is 0.257 e. The highest BCUT2D eigenvalue weighted by molar-refractivity contribution is 5.94. The van der Waals surface area contributed by atoms with Gasteiger partial charge in [-0.2, -0.15) is 0 Å². The van der Waals surface area contributed by atoms with Gasteiger partial charge in [-0.05, 0) is 61.3 Å². The van der Waals surface area contributed by atoms with Gasteiger partial charge in [0.2, 0.25) is 0 Å². The predicted octanol–water partition coefficient (Wildman–Crippen LogP) is 4.87. The van der Waals surface area contributed by atoms with Crippen molar-refractivity contribution in [1.29, 1.82) is 0 Å². The highest BCUT2D eigenvalue weighted by atomic mass is 19.1. The Morgan fingerprint density at radius 2 is 2.03 bits per heavy atom. The number of carbonyl (C=O) groups is 1. The monoisotopic (exact) mass is 531 g/mol. The predicted molar refractivity (Wildman–Crippen MR) is 160 cm³/mol. The van der Waals surface area contributed by atoms with Gasteiger partial charge in [0.1, 0.15) is 5.82 Å². The van der Waals surface area contributed by atoms with Gasteiger partial charge in [0.25, 0.3) is 11.5 Å². The molecule has 1 aliphatic rings. The first-order valence-electron chi connectivity index (χ1n) is 12.9. The molecule has 1 aromatic carbocycles. The first-order chi connectivity index (χ1) is 18.5. The Morgan fingerprint density at radius 3 is 2.59 bits per heavy atom. The molecular formula is C31H38FN5O2. The summed E-state index contributed by atoms with van der Waals surface area (Å²) in [5.41, 5.74) is 5.68. The molecule has 0 unspecified atom stereocenters. The molecule has 8 heteroatoms. The molecule has 2 heterocycles. The molecule has 3 rings (SSSR count). The van der Waals surface area contributed by atoms with E-state index in [0.717, 1.165) is 28.9 Å². The molecule has 206 valence electrons. The molecular weight excluding hydrogens is 493 g/mol. The molecule has 39 heavy (non-hydrogen) atoms. The first kappa shape index (κ1) is 29.5. The average Bonchev–Trinajstić information content (AvgIpc) is 2.89. The molecule has 7 nitrogen and oxygen atoms in total. The molecule has 0 radical (unpaired) electrons. The third-order valence-corrected chi connectivity index (χ3v) is 6.63. The van der Waals surface area contributed by atoms with Crippen molar-refractivity contribution in [2.24, 2.45) is 4.99 Å². The lowest BCUT2D eigenvalue weighted by molar-refractivity contribution is 0.0827. The summed E-state index contributed by atoms with van der Waals surface area (Å²) < 4.78 is 16.6. The average molecular weight is 532 g/mol. The number of nitrogens with one attached hydrogen (secondary N) is 1. The van der Waals surface area contributed by atoms with Gasteiger partial charge in [0, 0.05) is 83.1 Å². The second-order valence-corrected chi connectivity index (χ2v) is 9.91. The maximum absolute atomic E-state index is 15.1. The summed E-state index contributed by atoms with van der Waals surface area (Å²) in [6.45, 7) is 10.3. The van der Waals surface area contributed by atoms with Crippen molar-refractivity contribution in [1.82, 2.24) is 14.4 Å². The summed E-state index contributed by atoms with van der Waals surface area (Å²) in [6, 6.07) is 6.47. The molecule has 0 saturated carbocycles. The van der Waals surface area contributed by atoms with E-state index in [2.05, 4.69) is 27.9 Å². The van der Waals surface area contributed by atoms with Crippen molar-refractivity contribution in [2.75, 3.05) is 53.1 Å². The van der Waals surface area contributed by atoms with Gasteiger partial charge in [-0.25, -0.2) is 4.39 Å². The van der Waals surface area contributed by atoms with E-state index in [4.69, 9.17) is 0 Å². The highest BCUT2D eigenvalue weighted by Gasteiger charge is 2.20. The third-order valence-electron chi connectivity index (χ3n) is 6.63. The number of pyridine rings is 1. The number of allylic oxidation sites excluding steroid dienone is 4. The van der Waals surface area contributed by atoms with Crippen LogP contribution in [-0.2, 0) is 0 Å². The van der Waals surface area contributed by atoms with E-state index in [1.54, 1.807) is 57.3 Å². The molecule has 1 amide bonds. The standard InChI is InChI=1S/C31H38FN5O2/c1-21(16-22(2)28(8-12-33-4)37-15-11-26(34-5)19-29(37)38)20-36-13-9-24(10-14-36)30-23(3)17-25(18-27(30)32)31(39)35(6)7/h8-9,11-12,15-19,34H,2,10,13-14,20H2,1,3-7H3/b21-16+,28-8+,33-12?. The molecule has 1 aliphatic heterocycles. The van der Waals surface area contributed by atoms with Crippen LogP contribution in [-0.4, -0.2) is 74.3 Å². The number of hydrogen-bond donors (Lipinski definition) is 1. The Morgan fingerprint density at radius 1 is 1.28 bits per heavy atom. The van der Waals surface area contributed by atoms with E-state index in [1.807, 2.05) is 26.0 Å². The van der Waals surface area contributed by atoms with E-state index >= 15 is 4.39 Å². The zero-order valence-corrected chi connectivity index (χ0v) is 23.7. The molecule has 0 aliphatic carbocycles. The van der Waals surface area contributed by atoms with Crippen LogP contribution in [0.4, 0.5) is 10.1 Å².